The van der Waals surface area contributed by atoms with Crippen molar-refractivity contribution < 1.29 is 4.70 Å². The van der Waals surface area contributed by atoms with Gasteiger partial charge in [-0.25, -0.2) is 4.70 Å². The van der Waals surface area contributed by atoms with E-state index in [1.165, 1.54) is 78.3 Å². The highest BCUT2D eigenvalue weighted by molar-refractivity contribution is 5.82. The predicted molar refractivity (Wildman–Crippen MR) is 165 cm³/mol. The molecule has 0 atom stereocenters. The third kappa shape index (κ3) is 8.26. The van der Waals surface area contributed by atoms with Gasteiger partial charge in [0.05, 0.1) is 0 Å². The van der Waals surface area contributed by atoms with Crippen molar-refractivity contribution in [3.63, 3.8) is 0 Å². The van der Waals surface area contributed by atoms with Gasteiger partial charge in [-0.05, 0) is 86.8 Å². The summed E-state index contributed by atoms with van der Waals surface area (Å²) in [5, 5.41) is 0. The van der Waals surface area contributed by atoms with Crippen molar-refractivity contribution in [2.75, 3.05) is 0 Å². The molecule has 206 valence electrons. The predicted octanol–water partition coefficient (Wildman–Crippen LogP) is 11.5. The van der Waals surface area contributed by atoms with E-state index in [1.807, 2.05) is 0 Å². The molecule has 0 saturated heterocycles. The second-order valence-electron chi connectivity index (χ2n) is 11.2. The molecule has 2 aromatic carbocycles. The van der Waals surface area contributed by atoms with Crippen molar-refractivity contribution in [3.05, 3.63) is 87.5 Å². The molecule has 1 aliphatic rings. The Morgan fingerprint density at radius 2 is 0.816 bits per heavy atom. The average Bonchev–Trinajstić information content (AvgIpc) is 3.22. The van der Waals surface area contributed by atoms with Crippen molar-refractivity contribution in [2.45, 2.75) is 130 Å². The highest BCUT2D eigenvalue weighted by Crippen LogP contribution is 2.44. The van der Waals surface area contributed by atoms with E-state index in [1.54, 1.807) is 0 Å². The zero-order chi connectivity index (χ0) is 27.2. The molecule has 38 heavy (non-hydrogen) atoms. The third-order valence-corrected chi connectivity index (χ3v) is 8.01. The molecule has 2 aromatic rings. The Bertz CT molecular complexity index is 968. The highest BCUT2D eigenvalue weighted by atomic mass is 15.2. The Labute approximate surface area is 233 Å². The molecule has 0 bridgehead atoms. The molecule has 1 heterocycles. The van der Waals surface area contributed by atoms with Crippen molar-refractivity contribution in [2.24, 2.45) is 0 Å². The average molecular weight is 513 g/mol. The minimum Gasteiger partial charge on any atom is -0.493 e. The summed E-state index contributed by atoms with van der Waals surface area (Å²) in [6, 6.07) is 18.0. The van der Waals surface area contributed by atoms with Gasteiger partial charge in [0.2, 0.25) is 11.4 Å². The van der Waals surface area contributed by atoms with Gasteiger partial charge in [-0.1, -0.05) is 103 Å². The third-order valence-electron chi connectivity index (χ3n) is 8.01. The minimum atomic E-state index is 1.00. The monoisotopic (exact) mass is 512 g/mol. The molecule has 0 amide bonds. The molecule has 0 spiro atoms. The summed E-state index contributed by atoms with van der Waals surface area (Å²) < 4.78 is 1.53. The van der Waals surface area contributed by atoms with Gasteiger partial charge < -0.3 is 5.53 Å². The first-order chi connectivity index (χ1) is 18.6. The van der Waals surface area contributed by atoms with Gasteiger partial charge in [0.15, 0.2) is 0 Å². The van der Waals surface area contributed by atoms with Crippen LogP contribution in [0.3, 0.4) is 0 Å². The number of aryl methyl sites for hydroxylation is 2. The molecular formula is C36H52N2. The SMILES string of the molecule is CCCCCCc1ccc(C2=C(CCCC)C(CCCC)=C(c3ccc(CCCCCC)cc3)[N+]2=[N-])cc1. The maximum Gasteiger partial charge on any atom is 0.211 e. The van der Waals surface area contributed by atoms with E-state index in [0.29, 0.717) is 0 Å². The second kappa shape index (κ2) is 16.5. The van der Waals surface area contributed by atoms with E-state index < -0.39 is 0 Å². The van der Waals surface area contributed by atoms with E-state index in [-0.39, 0.29) is 0 Å². The molecule has 0 unspecified atom stereocenters. The van der Waals surface area contributed by atoms with Crippen LogP contribution in [0.4, 0.5) is 0 Å². The first-order valence-electron chi connectivity index (χ1n) is 15.8. The molecule has 0 saturated carbocycles. The van der Waals surface area contributed by atoms with Crippen LogP contribution in [0.2, 0.25) is 0 Å². The number of nitrogens with zero attached hydrogens (tertiary/aromatic N) is 2. The second-order valence-corrected chi connectivity index (χ2v) is 11.2. The topological polar surface area (TPSA) is 25.3 Å². The lowest BCUT2D eigenvalue weighted by atomic mass is 9.92. The smallest absolute Gasteiger partial charge is 0.211 e. The normalized spacial score (nSPS) is 13.7. The van der Waals surface area contributed by atoms with Crippen LogP contribution in [0.15, 0.2) is 59.7 Å². The van der Waals surface area contributed by atoms with Crippen LogP contribution in [-0.4, -0.2) is 4.70 Å². The summed E-state index contributed by atoms with van der Waals surface area (Å²) in [5.74, 6) is 0. The maximum absolute atomic E-state index is 11.8. The van der Waals surface area contributed by atoms with E-state index in [9.17, 15) is 5.53 Å². The molecule has 0 aromatic heterocycles. The lowest BCUT2D eigenvalue weighted by Crippen LogP contribution is -2.03. The van der Waals surface area contributed by atoms with Crippen LogP contribution in [0.1, 0.15) is 140 Å². The fourth-order valence-electron chi connectivity index (χ4n) is 5.66. The van der Waals surface area contributed by atoms with Gasteiger partial charge in [-0.3, -0.25) is 0 Å². The van der Waals surface area contributed by atoms with E-state index in [4.69, 9.17) is 0 Å². The molecule has 0 N–H and O–H groups in total. The Morgan fingerprint density at radius 3 is 1.16 bits per heavy atom. The largest absolute Gasteiger partial charge is 0.493 e. The number of hydrogen-bond donors (Lipinski definition) is 0. The van der Waals surface area contributed by atoms with Crippen molar-refractivity contribution >= 4 is 11.4 Å². The summed E-state index contributed by atoms with van der Waals surface area (Å²) in [6.45, 7) is 9.05. The molecule has 3 rings (SSSR count). The molecule has 0 aliphatic carbocycles. The summed E-state index contributed by atoms with van der Waals surface area (Å²) in [4.78, 5) is 0. The molecule has 0 radical (unpaired) electrons. The summed E-state index contributed by atoms with van der Waals surface area (Å²) in [6.07, 6.45) is 19.2. The number of allylic oxidation sites excluding steroid dienone is 2. The number of benzene rings is 2. The van der Waals surface area contributed by atoms with Crippen LogP contribution in [-0.2, 0) is 12.8 Å². The van der Waals surface area contributed by atoms with Crippen molar-refractivity contribution in [3.8, 4) is 0 Å². The van der Waals surface area contributed by atoms with Crippen LogP contribution < -0.4 is 0 Å². The Balaban J connectivity index is 1.90. The minimum absolute atomic E-state index is 1.00. The first kappa shape index (κ1) is 30.1. The number of hydrogen-bond acceptors (Lipinski definition) is 0. The van der Waals surface area contributed by atoms with Gasteiger partial charge in [0, 0.05) is 22.3 Å². The molecule has 2 nitrogen and oxygen atoms in total. The van der Waals surface area contributed by atoms with Gasteiger partial charge in [0.1, 0.15) is 0 Å². The summed E-state index contributed by atoms with van der Waals surface area (Å²) in [5.41, 5.74) is 21.5. The molecule has 2 heteroatoms. The maximum atomic E-state index is 11.8. The molecule has 0 fully saturated rings. The molecule has 1 aliphatic heterocycles. The van der Waals surface area contributed by atoms with E-state index in [0.717, 1.165) is 73.9 Å². The standard InChI is InChI=1S/C36H52N2/c1-5-9-13-15-17-29-21-25-31(26-22-29)35-33(19-11-7-3)34(20-12-8-4)36(38(35)37)32-27-23-30(24-28-32)18-16-14-10-6-2/h21-28H,5-20H2,1-4H3. The van der Waals surface area contributed by atoms with Crippen LogP contribution in [0.25, 0.3) is 16.9 Å². The van der Waals surface area contributed by atoms with E-state index in [2.05, 4.69) is 76.2 Å². The van der Waals surface area contributed by atoms with Crippen LogP contribution in [0.5, 0.6) is 0 Å². The Morgan fingerprint density at radius 1 is 0.447 bits per heavy atom. The van der Waals surface area contributed by atoms with Gasteiger partial charge >= 0.3 is 0 Å². The number of rotatable bonds is 18. The van der Waals surface area contributed by atoms with Gasteiger partial charge in [-0.2, -0.15) is 0 Å². The van der Waals surface area contributed by atoms with Crippen LogP contribution in [0, 0.1) is 0 Å². The molecular weight excluding hydrogens is 460 g/mol. The Kier molecular flexibility index (Phi) is 13.0. The van der Waals surface area contributed by atoms with Crippen molar-refractivity contribution in [1.82, 2.24) is 0 Å². The van der Waals surface area contributed by atoms with E-state index >= 15 is 0 Å². The summed E-state index contributed by atoms with van der Waals surface area (Å²) in [7, 11) is 0. The highest BCUT2D eigenvalue weighted by Gasteiger charge is 2.35. The van der Waals surface area contributed by atoms with Gasteiger partial charge in [0.25, 0.3) is 0 Å². The first-order valence-corrected chi connectivity index (χ1v) is 15.8. The zero-order valence-electron chi connectivity index (χ0n) is 24.8. The number of unbranched alkanes of at least 4 members (excludes halogenated alkanes) is 8. The van der Waals surface area contributed by atoms with Gasteiger partial charge in [-0.15, -0.1) is 0 Å². The fourth-order valence-corrected chi connectivity index (χ4v) is 5.66. The zero-order valence-corrected chi connectivity index (χ0v) is 24.8. The Hall–Kier alpha value is -2.48. The lowest BCUT2D eigenvalue weighted by molar-refractivity contribution is -0.345. The quantitative estimate of drug-likeness (QED) is 0.140. The summed E-state index contributed by atoms with van der Waals surface area (Å²) >= 11 is 0. The van der Waals surface area contributed by atoms with Crippen LogP contribution >= 0.6 is 0 Å². The van der Waals surface area contributed by atoms with Crippen molar-refractivity contribution in [1.29, 1.82) is 0 Å². The lowest BCUT2D eigenvalue weighted by Gasteiger charge is -2.11. The fraction of sp³-hybridized carbons (Fsp3) is 0.556.